The van der Waals surface area contributed by atoms with Crippen molar-refractivity contribution in [1.82, 2.24) is 10.2 Å². The van der Waals surface area contributed by atoms with E-state index in [0.717, 1.165) is 42.2 Å². The molecule has 5 nitrogen and oxygen atoms in total. The standard InChI is InChI=1S/C18H28N2O3/c1-5-22-16-8-6-7-15-13-17(23-18(15)16)14(2)19-9-11-21-12-10-20(3)4/h6-8,13-14,19H,5,9-12H2,1-4H3/t14-/m0/s1. The second-order valence-electron chi connectivity index (χ2n) is 5.85. The average molecular weight is 320 g/mol. The quantitative estimate of drug-likeness (QED) is 0.682. The number of nitrogens with zero attached hydrogens (tertiary/aromatic N) is 1. The van der Waals surface area contributed by atoms with E-state index in [-0.39, 0.29) is 6.04 Å². The third-order valence-electron chi connectivity index (χ3n) is 3.63. The summed E-state index contributed by atoms with van der Waals surface area (Å²) < 4.78 is 17.2. The molecular formula is C18H28N2O3. The van der Waals surface area contributed by atoms with Gasteiger partial charge in [-0.3, -0.25) is 0 Å². The van der Waals surface area contributed by atoms with Gasteiger partial charge in [0.05, 0.1) is 25.9 Å². The van der Waals surface area contributed by atoms with Gasteiger partial charge in [0.2, 0.25) is 0 Å². The van der Waals surface area contributed by atoms with Gasteiger partial charge in [-0.05, 0) is 40.1 Å². The normalized spacial score (nSPS) is 12.9. The summed E-state index contributed by atoms with van der Waals surface area (Å²) in [6.45, 7) is 7.89. The molecule has 1 atom stereocenters. The van der Waals surface area contributed by atoms with E-state index in [1.54, 1.807) is 0 Å². The zero-order chi connectivity index (χ0) is 16.7. The van der Waals surface area contributed by atoms with Crippen LogP contribution in [0, 0.1) is 0 Å². The molecule has 1 N–H and O–H groups in total. The minimum Gasteiger partial charge on any atom is -0.490 e. The minimum atomic E-state index is 0.134. The molecule has 2 rings (SSSR count). The molecule has 0 unspecified atom stereocenters. The fourth-order valence-corrected chi connectivity index (χ4v) is 2.34. The number of nitrogens with one attached hydrogen (secondary N) is 1. The highest BCUT2D eigenvalue weighted by Gasteiger charge is 2.13. The van der Waals surface area contributed by atoms with E-state index < -0.39 is 0 Å². The Hall–Kier alpha value is -1.56. The second-order valence-corrected chi connectivity index (χ2v) is 5.85. The molecule has 5 heteroatoms. The van der Waals surface area contributed by atoms with Crippen molar-refractivity contribution in [1.29, 1.82) is 0 Å². The highest BCUT2D eigenvalue weighted by atomic mass is 16.5. The van der Waals surface area contributed by atoms with Gasteiger partial charge < -0.3 is 24.1 Å². The maximum Gasteiger partial charge on any atom is 0.176 e. The molecule has 0 saturated carbocycles. The van der Waals surface area contributed by atoms with Crippen molar-refractivity contribution in [2.24, 2.45) is 0 Å². The Balaban J connectivity index is 1.86. The Kier molecular flexibility index (Phi) is 6.89. The van der Waals surface area contributed by atoms with E-state index in [4.69, 9.17) is 13.9 Å². The summed E-state index contributed by atoms with van der Waals surface area (Å²) in [5.74, 6) is 1.72. The van der Waals surface area contributed by atoms with Gasteiger partial charge in [0.25, 0.3) is 0 Å². The first-order valence-electron chi connectivity index (χ1n) is 8.23. The van der Waals surface area contributed by atoms with E-state index in [2.05, 4.69) is 23.2 Å². The van der Waals surface area contributed by atoms with Crippen LogP contribution in [-0.2, 0) is 4.74 Å². The maximum atomic E-state index is 5.99. The molecule has 1 aromatic heterocycles. The molecule has 23 heavy (non-hydrogen) atoms. The van der Waals surface area contributed by atoms with Gasteiger partial charge in [0, 0.05) is 18.5 Å². The molecule has 128 valence electrons. The van der Waals surface area contributed by atoms with E-state index >= 15 is 0 Å². The predicted octanol–water partition coefficient (Wildman–Crippen LogP) is 3.06. The summed E-state index contributed by atoms with van der Waals surface area (Å²) in [6.07, 6.45) is 0. The third kappa shape index (κ3) is 5.23. The summed E-state index contributed by atoms with van der Waals surface area (Å²) in [5, 5.41) is 4.50. The van der Waals surface area contributed by atoms with Crippen LogP contribution in [0.5, 0.6) is 5.75 Å². The summed E-state index contributed by atoms with van der Waals surface area (Å²) in [5.41, 5.74) is 0.820. The Bertz CT molecular complexity index is 595. The van der Waals surface area contributed by atoms with E-state index in [9.17, 15) is 0 Å². The molecule has 0 aliphatic carbocycles. The first-order valence-corrected chi connectivity index (χ1v) is 8.23. The molecule has 0 radical (unpaired) electrons. The van der Waals surface area contributed by atoms with Gasteiger partial charge in [-0.15, -0.1) is 0 Å². The van der Waals surface area contributed by atoms with Gasteiger partial charge in [-0.1, -0.05) is 12.1 Å². The van der Waals surface area contributed by atoms with E-state index in [1.165, 1.54) is 0 Å². The number of likely N-dealkylation sites (N-methyl/N-ethyl adjacent to an activating group) is 1. The molecule has 0 saturated heterocycles. The Morgan fingerprint density at radius 2 is 2.09 bits per heavy atom. The van der Waals surface area contributed by atoms with Crippen LogP contribution in [0.4, 0.5) is 0 Å². The highest BCUT2D eigenvalue weighted by molar-refractivity contribution is 5.83. The Morgan fingerprint density at radius 3 is 2.83 bits per heavy atom. The lowest BCUT2D eigenvalue weighted by atomic mass is 10.2. The molecule has 0 spiro atoms. The average Bonchev–Trinajstić information content (AvgIpc) is 2.96. The van der Waals surface area contributed by atoms with Crippen LogP contribution in [-0.4, -0.2) is 51.9 Å². The largest absolute Gasteiger partial charge is 0.490 e. The fourth-order valence-electron chi connectivity index (χ4n) is 2.34. The molecule has 0 fully saturated rings. The van der Waals surface area contributed by atoms with Crippen LogP contribution in [0.15, 0.2) is 28.7 Å². The SMILES string of the molecule is CCOc1cccc2cc([C@H](C)NCCOCCN(C)C)oc12. The molecule has 1 aromatic carbocycles. The summed E-state index contributed by atoms with van der Waals surface area (Å²) in [7, 11) is 4.09. The number of para-hydroxylation sites is 1. The Labute approximate surface area is 138 Å². The van der Waals surface area contributed by atoms with Gasteiger partial charge >= 0.3 is 0 Å². The number of rotatable bonds is 10. The van der Waals surface area contributed by atoms with Crippen molar-refractivity contribution in [2.45, 2.75) is 19.9 Å². The second kappa shape index (κ2) is 8.91. The van der Waals surface area contributed by atoms with Crippen molar-refractivity contribution in [3.8, 4) is 5.75 Å². The summed E-state index contributed by atoms with van der Waals surface area (Å²) in [6, 6.07) is 8.18. The number of benzene rings is 1. The van der Waals surface area contributed by atoms with E-state index in [0.29, 0.717) is 13.2 Å². The molecule has 2 aromatic rings. The van der Waals surface area contributed by atoms with Gasteiger partial charge in [0.1, 0.15) is 5.76 Å². The van der Waals surface area contributed by atoms with E-state index in [1.807, 2.05) is 39.2 Å². The molecule has 0 aliphatic heterocycles. The van der Waals surface area contributed by atoms with Crippen molar-refractivity contribution in [3.05, 3.63) is 30.0 Å². The topological polar surface area (TPSA) is 46.9 Å². The molecular weight excluding hydrogens is 292 g/mol. The Morgan fingerprint density at radius 1 is 1.26 bits per heavy atom. The molecule has 1 heterocycles. The lowest BCUT2D eigenvalue weighted by Crippen LogP contribution is -2.25. The maximum absolute atomic E-state index is 5.99. The lowest BCUT2D eigenvalue weighted by molar-refractivity contribution is 0.117. The number of fused-ring (bicyclic) bond motifs is 1. The number of ether oxygens (including phenoxy) is 2. The molecule has 0 aliphatic rings. The van der Waals surface area contributed by atoms with Crippen LogP contribution in [0.2, 0.25) is 0 Å². The van der Waals surface area contributed by atoms with Crippen molar-refractivity contribution in [3.63, 3.8) is 0 Å². The van der Waals surface area contributed by atoms with Crippen LogP contribution in [0.3, 0.4) is 0 Å². The predicted molar refractivity (Wildman–Crippen MR) is 93.2 cm³/mol. The summed E-state index contributed by atoms with van der Waals surface area (Å²) in [4.78, 5) is 2.11. The first-order chi connectivity index (χ1) is 11.1. The molecule has 0 bridgehead atoms. The lowest BCUT2D eigenvalue weighted by Gasteiger charge is -2.13. The zero-order valence-corrected chi connectivity index (χ0v) is 14.6. The van der Waals surface area contributed by atoms with Crippen molar-refractivity contribution in [2.75, 3.05) is 47.0 Å². The zero-order valence-electron chi connectivity index (χ0n) is 14.6. The fraction of sp³-hybridized carbons (Fsp3) is 0.556. The van der Waals surface area contributed by atoms with Gasteiger partial charge in [-0.25, -0.2) is 0 Å². The first kappa shape index (κ1) is 17.8. The number of hydrogen-bond donors (Lipinski definition) is 1. The minimum absolute atomic E-state index is 0.134. The number of furan rings is 1. The van der Waals surface area contributed by atoms with Crippen LogP contribution < -0.4 is 10.1 Å². The van der Waals surface area contributed by atoms with Gasteiger partial charge in [-0.2, -0.15) is 0 Å². The van der Waals surface area contributed by atoms with Gasteiger partial charge in [0.15, 0.2) is 11.3 Å². The smallest absolute Gasteiger partial charge is 0.176 e. The van der Waals surface area contributed by atoms with Crippen LogP contribution in [0.25, 0.3) is 11.0 Å². The van der Waals surface area contributed by atoms with Crippen LogP contribution in [0.1, 0.15) is 25.6 Å². The summed E-state index contributed by atoms with van der Waals surface area (Å²) >= 11 is 0. The van der Waals surface area contributed by atoms with Crippen LogP contribution >= 0.6 is 0 Å². The third-order valence-corrected chi connectivity index (χ3v) is 3.63. The van der Waals surface area contributed by atoms with Crippen molar-refractivity contribution < 1.29 is 13.9 Å². The highest BCUT2D eigenvalue weighted by Crippen LogP contribution is 2.31. The monoisotopic (exact) mass is 320 g/mol. The number of hydrogen-bond acceptors (Lipinski definition) is 5. The van der Waals surface area contributed by atoms with Crippen molar-refractivity contribution >= 4 is 11.0 Å². The molecule has 0 amide bonds.